The lowest BCUT2D eigenvalue weighted by Gasteiger charge is -2.36. The zero-order chi connectivity index (χ0) is 12.5. The minimum atomic E-state index is -2.77. The Bertz CT molecular complexity index is 366. The number of hydrogen-bond acceptors (Lipinski definition) is 2. The average Bonchev–Trinajstić information content (AvgIpc) is 2.89. The number of halogens is 1. The van der Waals surface area contributed by atoms with Gasteiger partial charge in [-0.05, 0) is 49.4 Å². The third kappa shape index (κ3) is 2.89. The highest BCUT2D eigenvalue weighted by molar-refractivity contribution is 9.09. The van der Waals surface area contributed by atoms with Gasteiger partial charge in [-0.25, -0.2) is 8.42 Å². The predicted octanol–water partition coefficient (Wildman–Crippen LogP) is 3.40. The summed E-state index contributed by atoms with van der Waals surface area (Å²) < 4.78 is 23.0. The van der Waals surface area contributed by atoms with E-state index in [0.29, 0.717) is 16.9 Å². The van der Waals surface area contributed by atoms with Crippen molar-refractivity contribution in [1.82, 2.24) is 0 Å². The second-order valence-electron chi connectivity index (χ2n) is 5.92. The van der Waals surface area contributed by atoms with Gasteiger partial charge in [-0.15, -0.1) is 0 Å². The first-order chi connectivity index (χ1) is 8.01. The van der Waals surface area contributed by atoms with Crippen LogP contribution in [-0.2, 0) is 9.84 Å². The van der Waals surface area contributed by atoms with E-state index in [-0.39, 0.29) is 0 Å². The lowest BCUT2D eigenvalue weighted by molar-refractivity contribution is 0.180. The van der Waals surface area contributed by atoms with Gasteiger partial charge in [-0.1, -0.05) is 29.3 Å². The van der Waals surface area contributed by atoms with Gasteiger partial charge >= 0.3 is 0 Å². The molecule has 3 unspecified atom stereocenters. The van der Waals surface area contributed by atoms with Crippen molar-refractivity contribution < 1.29 is 8.42 Å². The van der Waals surface area contributed by atoms with E-state index in [1.807, 2.05) is 0 Å². The van der Waals surface area contributed by atoms with E-state index >= 15 is 0 Å². The highest BCUT2D eigenvalue weighted by Gasteiger charge is 2.49. The molecule has 0 aromatic carbocycles. The highest BCUT2D eigenvalue weighted by Crippen LogP contribution is 2.58. The second-order valence-corrected chi connectivity index (χ2v) is 8.95. The minimum Gasteiger partial charge on any atom is -0.229 e. The maximum absolute atomic E-state index is 11.5. The molecule has 2 rings (SSSR count). The van der Waals surface area contributed by atoms with E-state index in [1.54, 1.807) is 6.92 Å². The van der Waals surface area contributed by atoms with Gasteiger partial charge in [0.25, 0.3) is 0 Å². The largest absolute Gasteiger partial charge is 0.229 e. The minimum absolute atomic E-state index is 0.292. The Morgan fingerprint density at radius 2 is 2.12 bits per heavy atom. The average molecular weight is 323 g/mol. The number of hydrogen-bond donors (Lipinski definition) is 0. The monoisotopic (exact) mass is 322 g/mol. The van der Waals surface area contributed by atoms with Gasteiger partial charge in [0.05, 0.1) is 5.75 Å². The normalized spacial score (nSPS) is 36.6. The van der Waals surface area contributed by atoms with Crippen LogP contribution in [0.5, 0.6) is 0 Å². The smallest absolute Gasteiger partial charge is 0.150 e. The third-order valence-electron chi connectivity index (χ3n) is 4.94. The van der Waals surface area contributed by atoms with Crippen LogP contribution in [0.15, 0.2) is 0 Å². The van der Waals surface area contributed by atoms with E-state index in [2.05, 4.69) is 15.9 Å². The molecule has 3 atom stereocenters. The number of alkyl halides is 1. The fraction of sp³-hybridized carbons (Fsp3) is 1.00. The molecule has 17 heavy (non-hydrogen) atoms. The summed E-state index contributed by atoms with van der Waals surface area (Å²) in [6, 6.07) is 0. The highest BCUT2D eigenvalue weighted by atomic mass is 79.9. The van der Waals surface area contributed by atoms with Crippen LogP contribution in [0.2, 0.25) is 0 Å². The van der Waals surface area contributed by atoms with Crippen molar-refractivity contribution in [2.75, 3.05) is 16.8 Å². The van der Waals surface area contributed by atoms with Crippen molar-refractivity contribution in [3.05, 3.63) is 0 Å². The van der Waals surface area contributed by atoms with Crippen LogP contribution < -0.4 is 0 Å². The summed E-state index contributed by atoms with van der Waals surface area (Å²) in [6.45, 7) is 1.74. The molecule has 2 fully saturated rings. The quantitative estimate of drug-likeness (QED) is 0.702. The third-order valence-corrected chi connectivity index (χ3v) is 7.85. The van der Waals surface area contributed by atoms with Crippen molar-refractivity contribution >= 4 is 25.8 Å². The van der Waals surface area contributed by atoms with E-state index in [4.69, 9.17) is 0 Å². The zero-order valence-electron chi connectivity index (χ0n) is 10.6. The summed E-state index contributed by atoms with van der Waals surface area (Å²) in [5.74, 6) is 2.47. The molecular weight excluding hydrogens is 300 g/mol. The van der Waals surface area contributed by atoms with Crippen molar-refractivity contribution in [1.29, 1.82) is 0 Å². The van der Waals surface area contributed by atoms with E-state index in [0.717, 1.165) is 30.0 Å². The fourth-order valence-corrected chi connectivity index (χ4v) is 5.72. The van der Waals surface area contributed by atoms with Crippen molar-refractivity contribution in [3.8, 4) is 0 Å². The van der Waals surface area contributed by atoms with Crippen molar-refractivity contribution in [2.45, 2.75) is 45.4 Å². The Balaban J connectivity index is 1.89. The predicted molar refractivity (Wildman–Crippen MR) is 75.2 cm³/mol. The van der Waals surface area contributed by atoms with Crippen LogP contribution in [-0.4, -0.2) is 25.3 Å². The molecule has 100 valence electrons. The molecular formula is C13H23BrO2S. The van der Waals surface area contributed by atoms with Crippen LogP contribution in [0.4, 0.5) is 0 Å². The Morgan fingerprint density at radius 1 is 1.35 bits per heavy atom. The van der Waals surface area contributed by atoms with Crippen molar-refractivity contribution in [2.24, 2.45) is 17.3 Å². The topological polar surface area (TPSA) is 34.1 Å². The molecule has 2 saturated carbocycles. The number of sulfone groups is 1. The number of rotatable bonds is 6. The molecule has 0 aromatic heterocycles. The van der Waals surface area contributed by atoms with Crippen LogP contribution in [0.25, 0.3) is 0 Å². The molecule has 2 aliphatic rings. The maximum atomic E-state index is 11.5. The summed E-state index contributed by atoms with van der Waals surface area (Å²) in [6.07, 6.45) is 7.45. The second kappa shape index (κ2) is 5.20. The maximum Gasteiger partial charge on any atom is 0.150 e. The first-order valence-corrected chi connectivity index (χ1v) is 9.72. The van der Waals surface area contributed by atoms with Crippen LogP contribution in [0.3, 0.4) is 0 Å². The Hall–Kier alpha value is 0.430. The van der Waals surface area contributed by atoms with Gasteiger partial charge < -0.3 is 0 Å². The summed E-state index contributed by atoms with van der Waals surface area (Å²) in [4.78, 5) is 0. The lowest BCUT2D eigenvalue weighted by atomic mass is 9.72. The molecule has 2 bridgehead atoms. The lowest BCUT2D eigenvalue weighted by Crippen LogP contribution is -2.30. The molecule has 0 aliphatic heterocycles. The Morgan fingerprint density at radius 3 is 2.59 bits per heavy atom. The summed E-state index contributed by atoms with van der Waals surface area (Å²) in [7, 11) is -2.77. The molecule has 4 heteroatoms. The van der Waals surface area contributed by atoms with Gasteiger partial charge in [-0.3, -0.25) is 0 Å². The first kappa shape index (κ1) is 13.9. The molecule has 0 saturated heterocycles. The van der Waals surface area contributed by atoms with Gasteiger partial charge in [-0.2, -0.15) is 0 Å². The molecule has 2 aliphatic carbocycles. The molecule has 0 aromatic rings. The van der Waals surface area contributed by atoms with Gasteiger partial charge in [0, 0.05) is 11.1 Å². The molecule has 0 spiro atoms. The number of fused-ring (bicyclic) bond motifs is 2. The van der Waals surface area contributed by atoms with Crippen molar-refractivity contribution in [3.63, 3.8) is 0 Å². The summed E-state index contributed by atoms with van der Waals surface area (Å²) in [5.41, 5.74) is 0.423. The Kier molecular flexibility index (Phi) is 4.24. The van der Waals surface area contributed by atoms with E-state index in [1.165, 1.54) is 25.7 Å². The zero-order valence-corrected chi connectivity index (χ0v) is 13.0. The Labute approximate surface area is 114 Å². The van der Waals surface area contributed by atoms with E-state index < -0.39 is 9.84 Å². The van der Waals surface area contributed by atoms with Crippen LogP contribution >= 0.6 is 15.9 Å². The molecule has 0 radical (unpaired) electrons. The van der Waals surface area contributed by atoms with Gasteiger partial charge in [0.15, 0.2) is 0 Å². The molecule has 0 N–H and O–H groups in total. The van der Waals surface area contributed by atoms with Gasteiger partial charge in [0.1, 0.15) is 9.84 Å². The first-order valence-electron chi connectivity index (χ1n) is 6.78. The molecule has 0 amide bonds. The SMILES string of the molecule is CCS(=O)(=O)CCCC1(CBr)CC2CCC1C2. The summed E-state index contributed by atoms with van der Waals surface area (Å²) >= 11 is 3.68. The van der Waals surface area contributed by atoms with Crippen LogP contribution in [0.1, 0.15) is 45.4 Å². The fourth-order valence-electron chi connectivity index (χ4n) is 3.88. The van der Waals surface area contributed by atoms with Crippen LogP contribution in [0, 0.1) is 17.3 Å². The molecule has 2 nitrogen and oxygen atoms in total. The van der Waals surface area contributed by atoms with E-state index in [9.17, 15) is 8.42 Å². The standard InChI is InChI=1S/C13H23BrO2S/c1-2-17(15,16)7-3-6-13(10-14)9-11-4-5-12(13)8-11/h11-12H,2-10H2,1H3. The van der Waals surface area contributed by atoms with Gasteiger partial charge in [0.2, 0.25) is 0 Å². The molecule has 0 heterocycles. The summed E-state index contributed by atoms with van der Waals surface area (Å²) in [5, 5.41) is 1.06.